The molecule has 0 fully saturated rings. The summed E-state index contributed by atoms with van der Waals surface area (Å²) >= 11 is 0. The number of nitrogens with zero attached hydrogens (tertiary/aromatic N) is 2. The minimum atomic E-state index is -5.19. The smallest absolute Gasteiger partial charge is 0.382 e. The number of alkyl halides is 5. The first kappa shape index (κ1) is 16.7. The molecule has 2 aromatic rings. The van der Waals surface area contributed by atoms with Crippen molar-refractivity contribution in [3.05, 3.63) is 46.5 Å². The zero-order valence-electron chi connectivity index (χ0n) is 11.3. The quantitative estimate of drug-likeness (QED) is 0.626. The molecule has 11 heteroatoms. The number of benzene rings is 1. The van der Waals surface area contributed by atoms with E-state index in [0.717, 1.165) is 0 Å². The highest BCUT2D eigenvalue weighted by Gasteiger charge is 2.54. The van der Waals surface area contributed by atoms with Crippen molar-refractivity contribution in [2.75, 3.05) is 0 Å². The van der Waals surface area contributed by atoms with Crippen LogP contribution >= 0.6 is 0 Å². The molecule has 0 spiro atoms. The van der Waals surface area contributed by atoms with Crippen molar-refractivity contribution in [3.8, 4) is 5.69 Å². The van der Waals surface area contributed by atoms with Gasteiger partial charge in [0.05, 0.1) is 17.8 Å². The molecule has 0 bridgehead atoms. The lowest BCUT2D eigenvalue weighted by atomic mass is 10.1. The summed E-state index contributed by atoms with van der Waals surface area (Å²) in [6, 6.07) is 0.628. The van der Waals surface area contributed by atoms with Gasteiger partial charge in [0.2, 0.25) is 0 Å². The van der Waals surface area contributed by atoms with Crippen LogP contribution in [0.3, 0.4) is 0 Å². The Labute approximate surface area is 128 Å². The van der Waals surface area contributed by atoms with Crippen LogP contribution in [0.2, 0.25) is 0 Å². The largest absolute Gasteiger partial charge is 0.435 e. The molecular formula is C13H6F8N2O. The summed E-state index contributed by atoms with van der Waals surface area (Å²) in [5.41, 5.74) is -4.45. The van der Waals surface area contributed by atoms with E-state index in [-0.39, 0.29) is 4.68 Å². The van der Waals surface area contributed by atoms with E-state index in [4.69, 9.17) is 0 Å². The first-order valence-electron chi connectivity index (χ1n) is 6.33. The molecule has 1 unspecified atom stereocenters. The van der Waals surface area contributed by atoms with Gasteiger partial charge in [0.15, 0.2) is 23.1 Å². The van der Waals surface area contributed by atoms with Gasteiger partial charge in [0.25, 0.3) is 5.92 Å². The van der Waals surface area contributed by atoms with Crippen LogP contribution in [0.5, 0.6) is 0 Å². The second-order valence-corrected chi connectivity index (χ2v) is 5.18. The summed E-state index contributed by atoms with van der Waals surface area (Å²) in [5.74, 6) is -9.24. The molecule has 1 aromatic carbocycles. The number of hydrogen-bond donors (Lipinski definition) is 1. The van der Waals surface area contributed by atoms with Gasteiger partial charge in [-0.2, -0.15) is 18.3 Å². The molecule has 130 valence electrons. The predicted molar refractivity (Wildman–Crippen MR) is 62.1 cm³/mol. The fourth-order valence-electron chi connectivity index (χ4n) is 2.54. The van der Waals surface area contributed by atoms with Crippen molar-refractivity contribution >= 4 is 0 Å². The molecule has 1 N–H and O–H groups in total. The molecule has 1 atom stereocenters. The van der Waals surface area contributed by atoms with Crippen LogP contribution in [-0.2, 0) is 12.6 Å². The molecule has 1 aromatic heterocycles. The first-order chi connectivity index (χ1) is 10.9. The van der Waals surface area contributed by atoms with Gasteiger partial charge in [-0.1, -0.05) is 0 Å². The van der Waals surface area contributed by atoms with E-state index in [1.54, 1.807) is 0 Å². The van der Waals surface area contributed by atoms with Crippen LogP contribution in [0.15, 0.2) is 12.1 Å². The highest BCUT2D eigenvalue weighted by molar-refractivity contribution is 5.44. The minimum Gasteiger partial charge on any atom is -0.382 e. The summed E-state index contributed by atoms with van der Waals surface area (Å²) in [6.45, 7) is 0. The van der Waals surface area contributed by atoms with E-state index in [9.17, 15) is 40.2 Å². The maximum atomic E-state index is 13.6. The summed E-state index contributed by atoms with van der Waals surface area (Å²) < 4.78 is 106. The zero-order chi connectivity index (χ0) is 18.0. The Hall–Kier alpha value is -2.17. The van der Waals surface area contributed by atoms with E-state index < -0.39 is 64.7 Å². The van der Waals surface area contributed by atoms with Crippen LogP contribution in [0.1, 0.15) is 23.1 Å². The number of aromatic nitrogens is 2. The number of hydrogen-bond acceptors (Lipinski definition) is 2. The zero-order valence-corrected chi connectivity index (χ0v) is 11.3. The topological polar surface area (TPSA) is 38.1 Å². The van der Waals surface area contributed by atoms with Crippen LogP contribution in [0.25, 0.3) is 5.69 Å². The van der Waals surface area contributed by atoms with Crippen molar-refractivity contribution in [3.63, 3.8) is 0 Å². The number of halogens is 8. The Kier molecular flexibility index (Phi) is 3.41. The first-order valence-corrected chi connectivity index (χ1v) is 6.33. The van der Waals surface area contributed by atoms with Gasteiger partial charge in [-0.05, 0) is 0 Å². The van der Waals surface area contributed by atoms with Crippen LogP contribution in [0.4, 0.5) is 35.1 Å². The van der Waals surface area contributed by atoms with Crippen LogP contribution in [-0.4, -0.2) is 20.8 Å². The number of fused-ring (bicyclic) bond motifs is 1. The Bertz CT molecular complexity index is 803. The monoisotopic (exact) mass is 358 g/mol. The van der Waals surface area contributed by atoms with E-state index in [0.29, 0.717) is 12.1 Å². The van der Waals surface area contributed by atoms with Crippen molar-refractivity contribution in [2.45, 2.75) is 24.6 Å². The summed E-state index contributed by atoms with van der Waals surface area (Å²) in [6.07, 6.45) is -9.28. The third-order valence-corrected chi connectivity index (χ3v) is 3.58. The maximum absolute atomic E-state index is 13.6. The lowest BCUT2D eigenvalue weighted by molar-refractivity contribution is -0.146. The average molecular weight is 358 g/mol. The lowest BCUT2D eigenvalue weighted by Gasteiger charge is -2.15. The molecule has 3 rings (SSSR count). The summed E-state index contributed by atoms with van der Waals surface area (Å²) in [5, 5.41) is 12.5. The maximum Gasteiger partial charge on any atom is 0.435 e. The second-order valence-electron chi connectivity index (χ2n) is 5.18. The van der Waals surface area contributed by atoms with Crippen molar-refractivity contribution in [2.24, 2.45) is 0 Å². The molecular weight excluding hydrogens is 352 g/mol. The molecule has 3 nitrogen and oxygen atoms in total. The molecule has 0 aliphatic heterocycles. The second kappa shape index (κ2) is 4.91. The molecule has 0 saturated carbocycles. The number of aliphatic hydroxyl groups is 1. The molecule has 0 radical (unpaired) electrons. The molecule has 24 heavy (non-hydrogen) atoms. The molecule has 0 amide bonds. The van der Waals surface area contributed by atoms with Crippen molar-refractivity contribution < 1.29 is 40.2 Å². The lowest BCUT2D eigenvalue weighted by Crippen LogP contribution is -2.24. The van der Waals surface area contributed by atoms with Gasteiger partial charge in [0.1, 0.15) is 6.10 Å². The van der Waals surface area contributed by atoms with Gasteiger partial charge < -0.3 is 5.11 Å². The Morgan fingerprint density at radius 1 is 1.12 bits per heavy atom. The minimum absolute atomic E-state index is 0.230. The van der Waals surface area contributed by atoms with Gasteiger partial charge in [-0.15, -0.1) is 0 Å². The third-order valence-electron chi connectivity index (χ3n) is 3.58. The molecule has 1 aliphatic rings. The molecule has 0 saturated heterocycles. The van der Waals surface area contributed by atoms with Gasteiger partial charge >= 0.3 is 6.18 Å². The highest BCUT2D eigenvalue weighted by Crippen LogP contribution is 2.48. The Morgan fingerprint density at radius 3 is 2.17 bits per heavy atom. The highest BCUT2D eigenvalue weighted by atomic mass is 19.4. The SMILES string of the molecule is OC1c2c(C(F)(F)F)nn(-c3cc(F)c(F)c(F)c3)c2CC1(F)F. The fraction of sp³-hybridized carbons (Fsp3) is 0.308. The molecule has 1 heterocycles. The average Bonchev–Trinajstić information content (AvgIpc) is 2.91. The van der Waals surface area contributed by atoms with Gasteiger partial charge in [-0.3, -0.25) is 0 Å². The predicted octanol–water partition coefficient (Wildman–Crippen LogP) is 3.53. The van der Waals surface area contributed by atoms with Gasteiger partial charge in [-0.25, -0.2) is 26.6 Å². The summed E-state index contributed by atoms with van der Waals surface area (Å²) in [4.78, 5) is 0. The fourth-order valence-corrected chi connectivity index (χ4v) is 2.54. The van der Waals surface area contributed by atoms with E-state index in [2.05, 4.69) is 5.10 Å². The van der Waals surface area contributed by atoms with Crippen LogP contribution in [0, 0.1) is 17.5 Å². The van der Waals surface area contributed by atoms with Gasteiger partial charge in [0, 0.05) is 17.7 Å². The number of aliphatic hydroxyl groups excluding tert-OH is 1. The van der Waals surface area contributed by atoms with E-state index >= 15 is 0 Å². The third kappa shape index (κ3) is 2.34. The number of rotatable bonds is 1. The Morgan fingerprint density at radius 2 is 1.67 bits per heavy atom. The van der Waals surface area contributed by atoms with E-state index in [1.807, 2.05) is 0 Å². The standard InChI is InChI=1S/C13H6F8N2O/c14-5-1-4(2-6(15)9(5)16)23-7-3-12(17,18)11(24)8(7)10(22-23)13(19,20)21/h1-2,11,24H,3H2. The van der Waals surface area contributed by atoms with Crippen molar-refractivity contribution in [1.29, 1.82) is 0 Å². The van der Waals surface area contributed by atoms with E-state index in [1.165, 1.54) is 0 Å². The summed E-state index contributed by atoms with van der Waals surface area (Å²) in [7, 11) is 0. The Balaban J connectivity index is 2.27. The normalized spacial score (nSPS) is 19.6. The van der Waals surface area contributed by atoms with Crippen LogP contribution < -0.4 is 0 Å². The molecule has 1 aliphatic carbocycles. The van der Waals surface area contributed by atoms with Crippen molar-refractivity contribution in [1.82, 2.24) is 9.78 Å².